The van der Waals surface area contributed by atoms with E-state index in [0.717, 1.165) is 6.42 Å². The maximum Gasteiger partial charge on any atom is -0.0205 e. The van der Waals surface area contributed by atoms with Crippen molar-refractivity contribution in [1.29, 1.82) is 0 Å². The molecule has 1 aliphatic carbocycles. The summed E-state index contributed by atoms with van der Waals surface area (Å²) in [7, 11) is 0. The minimum Gasteiger partial charge on any atom is -0.0816 e. The lowest BCUT2D eigenvalue weighted by molar-refractivity contribution is 0.345. The fourth-order valence-corrected chi connectivity index (χ4v) is 3.32. The van der Waals surface area contributed by atoms with Gasteiger partial charge in [-0.3, -0.25) is 0 Å². The largest absolute Gasteiger partial charge is 0.0816 e. The van der Waals surface area contributed by atoms with E-state index in [4.69, 9.17) is 0 Å². The van der Waals surface area contributed by atoms with Crippen LogP contribution >= 0.6 is 0 Å². The minimum absolute atomic E-state index is 0.399. The molecule has 0 unspecified atom stereocenters. The molecule has 19 heavy (non-hydrogen) atoms. The van der Waals surface area contributed by atoms with Crippen molar-refractivity contribution in [3.05, 3.63) is 58.7 Å². The van der Waals surface area contributed by atoms with Gasteiger partial charge in [0.15, 0.2) is 0 Å². The van der Waals surface area contributed by atoms with Gasteiger partial charge in [-0.15, -0.1) is 0 Å². The molecule has 0 heteroatoms. The molecular formula is C19H26. The molecule has 0 spiro atoms. The molecule has 0 saturated carbocycles. The molecule has 0 heterocycles. The molecular weight excluding hydrogens is 228 g/mol. The lowest BCUT2D eigenvalue weighted by atomic mass is 9.80. The Kier molecular flexibility index (Phi) is 4.29. The Bertz CT molecular complexity index is 474. The van der Waals surface area contributed by atoms with E-state index in [9.17, 15) is 0 Å². The first-order valence-electron chi connectivity index (χ1n) is 7.43. The molecule has 0 aliphatic heterocycles. The number of hydrogen-bond acceptors (Lipinski definition) is 0. The zero-order chi connectivity index (χ0) is 13.9. The maximum absolute atomic E-state index is 2.44. The van der Waals surface area contributed by atoms with E-state index in [0.29, 0.717) is 5.41 Å². The first-order valence-corrected chi connectivity index (χ1v) is 7.43. The van der Waals surface area contributed by atoms with Crippen molar-refractivity contribution in [2.24, 2.45) is 5.41 Å². The van der Waals surface area contributed by atoms with Crippen molar-refractivity contribution in [2.75, 3.05) is 0 Å². The molecule has 2 rings (SSSR count). The van der Waals surface area contributed by atoms with Gasteiger partial charge in [0.25, 0.3) is 0 Å². The van der Waals surface area contributed by atoms with Gasteiger partial charge >= 0.3 is 0 Å². The Morgan fingerprint density at radius 1 is 1.16 bits per heavy atom. The summed E-state index contributed by atoms with van der Waals surface area (Å²) in [4.78, 5) is 0. The number of fused-ring (bicyclic) bond motifs is 1. The van der Waals surface area contributed by atoms with E-state index in [1.165, 1.54) is 30.4 Å². The fraction of sp³-hybridized carbons (Fsp3) is 0.474. The molecule has 0 radical (unpaired) electrons. The van der Waals surface area contributed by atoms with Crippen molar-refractivity contribution >= 4 is 0 Å². The molecule has 0 aromatic heterocycles. The highest BCUT2D eigenvalue weighted by Crippen LogP contribution is 2.41. The maximum atomic E-state index is 2.44. The second-order valence-electron chi connectivity index (χ2n) is 6.52. The molecule has 1 aromatic carbocycles. The van der Waals surface area contributed by atoms with Crippen molar-refractivity contribution < 1.29 is 0 Å². The first-order chi connectivity index (χ1) is 9.02. The van der Waals surface area contributed by atoms with Crippen molar-refractivity contribution in [2.45, 2.75) is 53.4 Å². The van der Waals surface area contributed by atoms with Gasteiger partial charge in [-0.1, -0.05) is 61.4 Å². The number of rotatable bonds is 4. The summed E-state index contributed by atoms with van der Waals surface area (Å²) in [6, 6.07) is 8.93. The lowest BCUT2D eigenvalue weighted by Gasteiger charge is -2.24. The van der Waals surface area contributed by atoms with E-state index in [1.807, 2.05) is 0 Å². The molecule has 0 fully saturated rings. The van der Waals surface area contributed by atoms with Gasteiger partial charge in [0.2, 0.25) is 0 Å². The highest BCUT2D eigenvalue weighted by atomic mass is 14.4. The van der Waals surface area contributed by atoms with Gasteiger partial charge in [0.05, 0.1) is 0 Å². The summed E-state index contributed by atoms with van der Waals surface area (Å²) in [5.41, 5.74) is 6.42. The van der Waals surface area contributed by atoms with E-state index in [-0.39, 0.29) is 0 Å². The molecule has 0 amide bonds. The Morgan fingerprint density at radius 2 is 1.74 bits per heavy atom. The topological polar surface area (TPSA) is 0 Å². The molecule has 0 N–H and O–H groups in total. The predicted octanol–water partition coefficient (Wildman–Crippen LogP) is 5.48. The third-order valence-electron chi connectivity index (χ3n) is 3.92. The van der Waals surface area contributed by atoms with E-state index >= 15 is 0 Å². The van der Waals surface area contributed by atoms with Crippen molar-refractivity contribution in [1.82, 2.24) is 0 Å². The van der Waals surface area contributed by atoms with Gasteiger partial charge < -0.3 is 0 Å². The average Bonchev–Trinajstić information content (AvgIpc) is 2.63. The zero-order valence-corrected chi connectivity index (χ0v) is 12.8. The minimum atomic E-state index is 0.399. The Balaban J connectivity index is 2.15. The summed E-state index contributed by atoms with van der Waals surface area (Å²) in [5.74, 6) is 0. The van der Waals surface area contributed by atoms with Crippen molar-refractivity contribution in [3.8, 4) is 0 Å². The molecule has 0 bridgehead atoms. The molecule has 0 atom stereocenters. The third-order valence-corrected chi connectivity index (χ3v) is 3.92. The standard InChI is InChI=1S/C19H26/c1-5-8-16(11-15(2)3)12-19(4)13-17-9-6-7-10-18(17)14-19/h6-11H,5,12-14H2,1-4H3/b16-8+. The number of allylic oxidation sites excluding steroid dienone is 4. The van der Waals surface area contributed by atoms with Crippen LogP contribution in [0.3, 0.4) is 0 Å². The van der Waals surface area contributed by atoms with Gasteiger partial charge in [-0.05, 0) is 56.1 Å². The summed E-state index contributed by atoms with van der Waals surface area (Å²) < 4.78 is 0. The first kappa shape index (κ1) is 14.1. The number of benzene rings is 1. The van der Waals surface area contributed by atoms with Crippen molar-refractivity contribution in [3.63, 3.8) is 0 Å². The van der Waals surface area contributed by atoms with Gasteiger partial charge in [0.1, 0.15) is 0 Å². The van der Waals surface area contributed by atoms with Crippen LogP contribution in [0.5, 0.6) is 0 Å². The zero-order valence-electron chi connectivity index (χ0n) is 12.8. The highest BCUT2D eigenvalue weighted by molar-refractivity contribution is 5.36. The van der Waals surface area contributed by atoms with Crippen LogP contribution < -0.4 is 0 Å². The summed E-state index contributed by atoms with van der Waals surface area (Å²) in [5, 5.41) is 0. The Hall–Kier alpha value is -1.30. The normalized spacial score (nSPS) is 17.2. The van der Waals surface area contributed by atoms with Crippen LogP contribution in [0, 0.1) is 5.41 Å². The van der Waals surface area contributed by atoms with E-state index in [2.05, 4.69) is 64.1 Å². The van der Waals surface area contributed by atoms with E-state index < -0.39 is 0 Å². The van der Waals surface area contributed by atoms with Gasteiger partial charge in [0, 0.05) is 0 Å². The van der Waals surface area contributed by atoms with Crippen LogP contribution in [-0.4, -0.2) is 0 Å². The Labute approximate surface area is 118 Å². The average molecular weight is 254 g/mol. The van der Waals surface area contributed by atoms with Crippen LogP contribution in [0.15, 0.2) is 47.6 Å². The van der Waals surface area contributed by atoms with Gasteiger partial charge in [-0.25, -0.2) is 0 Å². The fourth-order valence-electron chi connectivity index (χ4n) is 3.32. The van der Waals surface area contributed by atoms with Crippen LogP contribution in [-0.2, 0) is 12.8 Å². The summed E-state index contributed by atoms with van der Waals surface area (Å²) in [6.45, 7) is 9.05. The van der Waals surface area contributed by atoms with Crippen LogP contribution in [0.25, 0.3) is 0 Å². The monoisotopic (exact) mass is 254 g/mol. The molecule has 0 nitrogen and oxygen atoms in total. The Morgan fingerprint density at radius 3 is 2.21 bits per heavy atom. The lowest BCUT2D eigenvalue weighted by Crippen LogP contribution is -2.17. The highest BCUT2D eigenvalue weighted by Gasteiger charge is 2.32. The quantitative estimate of drug-likeness (QED) is 0.624. The van der Waals surface area contributed by atoms with Crippen LogP contribution in [0.1, 0.15) is 51.7 Å². The summed E-state index contributed by atoms with van der Waals surface area (Å²) >= 11 is 0. The molecule has 1 aromatic rings. The second kappa shape index (κ2) is 5.77. The summed E-state index contributed by atoms with van der Waals surface area (Å²) in [6.07, 6.45) is 9.52. The smallest absolute Gasteiger partial charge is 0.0205 e. The second-order valence-corrected chi connectivity index (χ2v) is 6.52. The van der Waals surface area contributed by atoms with Crippen LogP contribution in [0.4, 0.5) is 0 Å². The van der Waals surface area contributed by atoms with Crippen LogP contribution in [0.2, 0.25) is 0 Å². The molecule has 1 aliphatic rings. The van der Waals surface area contributed by atoms with Gasteiger partial charge in [-0.2, -0.15) is 0 Å². The molecule has 102 valence electrons. The third kappa shape index (κ3) is 3.59. The predicted molar refractivity (Wildman–Crippen MR) is 84.4 cm³/mol. The molecule has 0 saturated heterocycles. The number of hydrogen-bond donors (Lipinski definition) is 0. The van der Waals surface area contributed by atoms with E-state index in [1.54, 1.807) is 11.1 Å². The SMILES string of the molecule is CC/C=C(\C=C(C)C)CC1(C)Cc2ccccc2C1.